The van der Waals surface area contributed by atoms with E-state index in [0.29, 0.717) is 0 Å². The molecule has 0 saturated heterocycles. The summed E-state index contributed by atoms with van der Waals surface area (Å²) in [6.45, 7) is 4.35. The van der Waals surface area contributed by atoms with Gasteiger partial charge < -0.3 is 5.32 Å². The van der Waals surface area contributed by atoms with Crippen LogP contribution in [0, 0.1) is 6.92 Å². The smallest absolute Gasteiger partial charge is 0.0577 e. The van der Waals surface area contributed by atoms with Crippen molar-refractivity contribution in [2.45, 2.75) is 26.3 Å². The zero-order valence-corrected chi connectivity index (χ0v) is 13.3. The van der Waals surface area contributed by atoms with Crippen molar-refractivity contribution in [2.75, 3.05) is 7.05 Å². The number of rotatable bonds is 4. The lowest BCUT2D eigenvalue weighted by Gasteiger charge is -2.20. The van der Waals surface area contributed by atoms with E-state index in [0.717, 1.165) is 10.9 Å². The maximum atomic E-state index is 3.62. The van der Waals surface area contributed by atoms with Crippen molar-refractivity contribution in [1.82, 2.24) is 5.32 Å². The standard InChI is InChI=1S/C17H20BrN/c1-4-13-7-5-8-14(11-13)17(19-3)15-9-6-10-16(18)12(15)2/h5-11,17,19H,4H2,1-3H3. The van der Waals surface area contributed by atoms with Crippen LogP contribution in [0.2, 0.25) is 0 Å². The average molecular weight is 318 g/mol. The lowest BCUT2D eigenvalue weighted by molar-refractivity contribution is 0.686. The van der Waals surface area contributed by atoms with Gasteiger partial charge in [0.25, 0.3) is 0 Å². The predicted molar refractivity (Wildman–Crippen MR) is 85.6 cm³/mol. The summed E-state index contributed by atoms with van der Waals surface area (Å²) in [5, 5.41) is 3.43. The van der Waals surface area contributed by atoms with E-state index in [9.17, 15) is 0 Å². The number of hydrogen-bond acceptors (Lipinski definition) is 1. The summed E-state index contributed by atoms with van der Waals surface area (Å²) < 4.78 is 1.16. The molecule has 0 heterocycles. The number of hydrogen-bond donors (Lipinski definition) is 1. The van der Waals surface area contributed by atoms with Gasteiger partial charge in [-0.2, -0.15) is 0 Å². The molecule has 2 heteroatoms. The van der Waals surface area contributed by atoms with Crippen LogP contribution in [-0.2, 0) is 6.42 Å². The maximum absolute atomic E-state index is 3.62. The van der Waals surface area contributed by atoms with Crippen LogP contribution in [0.1, 0.15) is 35.2 Å². The second kappa shape index (κ2) is 6.36. The third kappa shape index (κ3) is 3.07. The Morgan fingerprint density at radius 1 is 1.16 bits per heavy atom. The summed E-state index contributed by atoms with van der Waals surface area (Å²) in [7, 11) is 2.02. The van der Waals surface area contributed by atoms with E-state index in [1.165, 1.54) is 22.3 Å². The van der Waals surface area contributed by atoms with Crippen LogP contribution in [0.15, 0.2) is 46.9 Å². The number of halogens is 1. The highest BCUT2D eigenvalue weighted by molar-refractivity contribution is 9.10. The Balaban J connectivity index is 2.46. The van der Waals surface area contributed by atoms with Gasteiger partial charge in [-0.05, 0) is 48.7 Å². The molecule has 0 aliphatic carbocycles. The fourth-order valence-corrected chi connectivity index (χ4v) is 2.81. The lowest BCUT2D eigenvalue weighted by atomic mass is 9.94. The molecule has 1 unspecified atom stereocenters. The molecule has 0 aliphatic rings. The van der Waals surface area contributed by atoms with Crippen molar-refractivity contribution in [2.24, 2.45) is 0 Å². The molecule has 2 aromatic rings. The third-order valence-electron chi connectivity index (χ3n) is 3.60. The summed E-state index contributed by atoms with van der Waals surface area (Å²) in [5.74, 6) is 0. The Kier molecular flexibility index (Phi) is 4.78. The number of nitrogens with one attached hydrogen (secondary N) is 1. The van der Waals surface area contributed by atoms with Gasteiger partial charge in [0.1, 0.15) is 0 Å². The Hall–Kier alpha value is -1.12. The molecular formula is C17H20BrN. The molecule has 1 N–H and O–H groups in total. The van der Waals surface area contributed by atoms with Crippen LogP contribution in [-0.4, -0.2) is 7.05 Å². The second-order valence-electron chi connectivity index (χ2n) is 4.77. The molecule has 0 fully saturated rings. The molecular weight excluding hydrogens is 298 g/mol. The Bertz CT molecular complexity index is 563. The van der Waals surface area contributed by atoms with Gasteiger partial charge in [-0.25, -0.2) is 0 Å². The summed E-state index contributed by atoms with van der Waals surface area (Å²) in [5.41, 5.74) is 5.32. The number of aryl methyl sites for hydroxylation is 1. The summed E-state index contributed by atoms with van der Waals surface area (Å²) in [6, 6.07) is 15.4. The summed E-state index contributed by atoms with van der Waals surface area (Å²) >= 11 is 3.62. The van der Waals surface area contributed by atoms with Gasteiger partial charge in [-0.3, -0.25) is 0 Å². The maximum Gasteiger partial charge on any atom is 0.0577 e. The van der Waals surface area contributed by atoms with E-state index < -0.39 is 0 Å². The first-order valence-corrected chi connectivity index (χ1v) is 7.47. The van der Waals surface area contributed by atoms with Crippen molar-refractivity contribution in [3.63, 3.8) is 0 Å². The van der Waals surface area contributed by atoms with Crippen LogP contribution in [0.3, 0.4) is 0 Å². The van der Waals surface area contributed by atoms with Crippen LogP contribution in [0.5, 0.6) is 0 Å². The second-order valence-corrected chi connectivity index (χ2v) is 5.63. The van der Waals surface area contributed by atoms with E-state index in [4.69, 9.17) is 0 Å². The molecule has 0 spiro atoms. The van der Waals surface area contributed by atoms with E-state index in [-0.39, 0.29) is 6.04 Å². The van der Waals surface area contributed by atoms with E-state index >= 15 is 0 Å². The zero-order valence-electron chi connectivity index (χ0n) is 11.7. The van der Waals surface area contributed by atoms with Crippen LogP contribution < -0.4 is 5.32 Å². The van der Waals surface area contributed by atoms with Crippen LogP contribution >= 0.6 is 15.9 Å². The highest BCUT2D eigenvalue weighted by Crippen LogP contribution is 2.29. The van der Waals surface area contributed by atoms with E-state index in [2.05, 4.69) is 77.6 Å². The molecule has 0 aliphatic heterocycles. The minimum absolute atomic E-state index is 0.240. The molecule has 0 saturated carbocycles. The minimum Gasteiger partial charge on any atom is -0.309 e. The Morgan fingerprint density at radius 3 is 2.58 bits per heavy atom. The fraction of sp³-hybridized carbons (Fsp3) is 0.294. The fourth-order valence-electron chi connectivity index (χ4n) is 2.43. The van der Waals surface area contributed by atoms with Crippen LogP contribution in [0.25, 0.3) is 0 Å². The van der Waals surface area contributed by atoms with Crippen molar-refractivity contribution < 1.29 is 0 Å². The normalized spacial score (nSPS) is 12.4. The molecule has 0 radical (unpaired) electrons. The zero-order chi connectivity index (χ0) is 13.8. The highest BCUT2D eigenvalue weighted by atomic mass is 79.9. The highest BCUT2D eigenvalue weighted by Gasteiger charge is 2.15. The molecule has 1 nitrogen and oxygen atoms in total. The molecule has 0 aromatic heterocycles. The Morgan fingerprint density at radius 2 is 1.89 bits per heavy atom. The van der Waals surface area contributed by atoms with Crippen molar-refractivity contribution >= 4 is 15.9 Å². The van der Waals surface area contributed by atoms with Gasteiger partial charge in [0.05, 0.1) is 6.04 Å². The topological polar surface area (TPSA) is 12.0 Å². The van der Waals surface area contributed by atoms with Crippen molar-refractivity contribution in [3.05, 3.63) is 69.2 Å². The van der Waals surface area contributed by atoms with Gasteiger partial charge in [0.2, 0.25) is 0 Å². The first kappa shape index (κ1) is 14.3. The summed E-state index contributed by atoms with van der Waals surface area (Å²) in [4.78, 5) is 0. The number of benzene rings is 2. The van der Waals surface area contributed by atoms with Crippen LogP contribution in [0.4, 0.5) is 0 Å². The van der Waals surface area contributed by atoms with Crippen molar-refractivity contribution in [3.8, 4) is 0 Å². The van der Waals surface area contributed by atoms with Gasteiger partial charge in [0.15, 0.2) is 0 Å². The molecule has 0 amide bonds. The quantitative estimate of drug-likeness (QED) is 0.867. The largest absolute Gasteiger partial charge is 0.309 e. The molecule has 0 bridgehead atoms. The molecule has 1 atom stereocenters. The van der Waals surface area contributed by atoms with Gasteiger partial charge in [-0.15, -0.1) is 0 Å². The molecule has 2 aromatic carbocycles. The lowest BCUT2D eigenvalue weighted by Crippen LogP contribution is -2.19. The van der Waals surface area contributed by atoms with Gasteiger partial charge in [-0.1, -0.05) is 59.3 Å². The molecule has 100 valence electrons. The molecule has 2 rings (SSSR count). The first-order valence-electron chi connectivity index (χ1n) is 6.68. The van der Waals surface area contributed by atoms with Gasteiger partial charge in [0, 0.05) is 4.47 Å². The monoisotopic (exact) mass is 317 g/mol. The van der Waals surface area contributed by atoms with Crippen molar-refractivity contribution in [1.29, 1.82) is 0 Å². The summed E-state index contributed by atoms with van der Waals surface area (Å²) in [6.07, 6.45) is 1.07. The van der Waals surface area contributed by atoms with Gasteiger partial charge >= 0.3 is 0 Å². The minimum atomic E-state index is 0.240. The Labute approximate surface area is 124 Å². The predicted octanol–water partition coefficient (Wildman–Crippen LogP) is 4.63. The SMILES string of the molecule is CCc1cccc(C(NC)c2cccc(Br)c2C)c1. The van der Waals surface area contributed by atoms with E-state index in [1.54, 1.807) is 0 Å². The van der Waals surface area contributed by atoms with E-state index in [1.807, 2.05) is 7.05 Å². The first-order chi connectivity index (χ1) is 9.17. The molecule has 19 heavy (non-hydrogen) atoms. The average Bonchev–Trinajstić information content (AvgIpc) is 2.44. The third-order valence-corrected chi connectivity index (χ3v) is 4.46.